The molecule has 1 amide bonds. The average Bonchev–Trinajstić information content (AvgIpc) is 2.48. The Bertz CT molecular complexity index is 460. The lowest BCUT2D eigenvalue weighted by atomic mass is 9.85. The number of nitrogens with zero attached hydrogens (tertiary/aromatic N) is 1. The average molecular weight is 288 g/mol. The van der Waals surface area contributed by atoms with Crippen LogP contribution in [0.3, 0.4) is 0 Å². The molecule has 21 heavy (non-hydrogen) atoms. The molecule has 3 heteroatoms. The first-order valence-electron chi connectivity index (χ1n) is 8.09. The monoisotopic (exact) mass is 288 g/mol. The zero-order valence-electron chi connectivity index (χ0n) is 13.5. The van der Waals surface area contributed by atoms with Gasteiger partial charge in [-0.1, -0.05) is 44.2 Å². The van der Waals surface area contributed by atoms with Gasteiger partial charge >= 0.3 is 0 Å². The van der Waals surface area contributed by atoms with Crippen LogP contribution >= 0.6 is 0 Å². The molecule has 1 aliphatic heterocycles. The van der Waals surface area contributed by atoms with Gasteiger partial charge in [0.05, 0.1) is 6.04 Å². The van der Waals surface area contributed by atoms with Crippen LogP contribution in [0.15, 0.2) is 30.3 Å². The van der Waals surface area contributed by atoms with E-state index in [9.17, 15) is 4.79 Å². The molecule has 0 saturated carbocycles. The molecule has 4 unspecified atom stereocenters. The molecule has 1 heterocycles. The largest absolute Gasteiger partial charge is 0.338 e. The number of carbonyl (C=O) groups is 1. The van der Waals surface area contributed by atoms with E-state index >= 15 is 0 Å². The van der Waals surface area contributed by atoms with Crippen molar-refractivity contribution in [1.82, 2.24) is 4.90 Å². The fourth-order valence-corrected chi connectivity index (χ4v) is 3.31. The minimum absolute atomic E-state index is 0.122. The number of nitrogens with two attached hydrogens (primary N) is 1. The molecular formula is C18H28N2O. The van der Waals surface area contributed by atoms with Crippen LogP contribution in [0.2, 0.25) is 0 Å². The first-order valence-corrected chi connectivity index (χ1v) is 8.09. The van der Waals surface area contributed by atoms with Crippen LogP contribution < -0.4 is 5.73 Å². The fraction of sp³-hybridized carbons (Fsp3) is 0.611. The van der Waals surface area contributed by atoms with E-state index in [0.717, 1.165) is 19.4 Å². The Morgan fingerprint density at radius 3 is 2.62 bits per heavy atom. The molecular weight excluding hydrogens is 260 g/mol. The van der Waals surface area contributed by atoms with Crippen molar-refractivity contribution in [3.05, 3.63) is 35.9 Å². The molecule has 1 saturated heterocycles. The molecule has 0 radical (unpaired) electrons. The summed E-state index contributed by atoms with van der Waals surface area (Å²) >= 11 is 0. The maximum Gasteiger partial charge on any atom is 0.239 e. The number of hydrogen-bond donors (Lipinski definition) is 1. The number of hydrogen-bond acceptors (Lipinski definition) is 2. The molecule has 1 fully saturated rings. The minimum Gasteiger partial charge on any atom is -0.338 e. The third-order valence-corrected chi connectivity index (χ3v) is 4.78. The van der Waals surface area contributed by atoms with Crippen LogP contribution in [0.5, 0.6) is 0 Å². The molecule has 0 aromatic heterocycles. The first-order chi connectivity index (χ1) is 9.99. The van der Waals surface area contributed by atoms with Gasteiger partial charge in [0.1, 0.15) is 0 Å². The maximum absolute atomic E-state index is 12.6. The second kappa shape index (κ2) is 7.08. The Labute approximate surface area is 128 Å². The normalized spacial score (nSPS) is 27.4. The van der Waals surface area contributed by atoms with E-state index in [4.69, 9.17) is 5.73 Å². The highest BCUT2D eigenvalue weighted by atomic mass is 16.2. The van der Waals surface area contributed by atoms with Crippen molar-refractivity contribution in [2.45, 2.75) is 52.1 Å². The van der Waals surface area contributed by atoms with E-state index in [-0.39, 0.29) is 11.9 Å². The molecule has 2 N–H and O–H groups in total. The number of piperidine rings is 1. The highest BCUT2D eigenvalue weighted by Crippen LogP contribution is 2.27. The van der Waals surface area contributed by atoms with Gasteiger partial charge in [0, 0.05) is 12.6 Å². The topological polar surface area (TPSA) is 46.3 Å². The van der Waals surface area contributed by atoms with Crippen LogP contribution in [0.25, 0.3) is 0 Å². The number of carbonyl (C=O) groups excluding carboxylic acids is 1. The van der Waals surface area contributed by atoms with Crippen LogP contribution in [-0.2, 0) is 11.2 Å². The molecule has 1 aromatic carbocycles. The quantitative estimate of drug-likeness (QED) is 0.926. The fourth-order valence-electron chi connectivity index (χ4n) is 3.31. The lowest BCUT2D eigenvalue weighted by Gasteiger charge is -2.42. The van der Waals surface area contributed by atoms with Crippen molar-refractivity contribution in [3.8, 4) is 0 Å². The summed E-state index contributed by atoms with van der Waals surface area (Å²) < 4.78 is 0. The molecule has 0 spiro atoms. The van der Waals surface area contributed by atoms with Gasteiger partial charge < -0.3 is 10.6 Å². The van der Waals surface area contributed by atoms with Crippen molar-refractivity contribution in [1.29, 1.82) is 0 Å². The number of amides is 1. The van der Waals surface area contributed by atoms with Gasteiger partial charge in [-0.2, -0.15) is 0 Å². The summed E-state index contributed by atoms with van der Waals surface area (Å²) in [7, 11) is 0. The van der Waals surface area contributed by atoms with Gasteiger partial charge in [-0.3, -0.25) is 4.79 Å². The van der Waals surface area contributed by atoms with Crippen LogP contribution in [0.4, 0.5) is 0 Å². The Balaban J connectivity index is 1.92. The molecule has 2 rings (SSSR count). The third kappa shape index (κ3) is 4.07. The molecule has 0 bridgehead atoms. The van der Waals surface area contributed by atoms with E-state index in [1.807, 2.05) is 23.1 Å². The van der Waals surface area contributed by atoms with Gasteiger partial charge in [-0.15, -0.1) is 0 Å². The van der Waals surface area contributed by atoms with Gasteiger partial charge in [-0.25, -0.2) is 0 Å². The van der Waals surface area contributed by atoms with E-state index in [0.29, 0.717) is 17.9 Å². The second-order valence-corrected chi connectivity index (χ2v) is 6.68. The van der Waals surface area contributed by atoms with Gasteiger partial charge in [0.15, 0.2) is 0 Å². The Morgan fingerprint density at radius 2 is 1.95 bits per heavy atom. The highest BCUT2D eigenvalue weighted by molar-refractivity contribution is 5.82. The standard InChI is InChI=1S/C18H28N2O/c1-13-11-14(2)15(3)20(12-13)18(21)17(19)10-9-16-7-5-4-6-8-16/h4-8,13-15,17H,9-12,19H2,1-3H3. The van der Waals surface area contributed by atoms with Crippen molar-refractivity contribution < 1.29 is 4.79 Å². The maximum atomic E-state index is 12.6. The third-order valence-electron chi connectivity index (χ3n) is 4.78. The van der Waals surface area contributed by atoms with Crippen LogP contribution in [-0.4, -0.2) is 29.4 Å². The number of likely N-dealkylation sites (tertiary alicyclic amines) is 1. The molecule has 3 nitrogen and oxygen atoms in total. The van der Waals surface area contributed by atoms with Gasteiger partial charge in [0.2, 0.25) is 5.91 Å². The summed E-state index contributed by atoms with van der Waals surface area (Å²) in [5, 5.41) is 0. The van der Waals surface area contributed by atoms with Crippen LogP contribution in [0.1, 0.15) is 39.2 Å². The second-order valence-electron chi connectivity index (χ2n) is 6.68. The Morgan fingerprint density at radius 1 is 1.29 bits per heavy atom. The smallest absolute Gasteiger partial charge is 0.239 e. The molecule has 4 atom stereocenters. The summed E-state index contributed by atoms with van der Waals surface area (Å²) in [6.07, 6.45) is 2.78. The Hall–Kier alpha value is -1.35. The zero-order valence-corrected chi connectivity index (χ0v) is 13.5. The minimum atomic E-state index is -0.384. The van der Waals surface area contributed by atoms with Crippen molar-refractivity contribution in [2.24, 2.45) is 17.6 Å². The summed E-state index contributed by atoms with van der Waals surface area (Å²) in [5.41, 5.74) is 7.40. The van der Waals surface area contributed by atoms with Crippen LogP contribution in [0, 0.1) is 11.8 Å². The first kappa shape index (κ1) is 16.0. The summed E-state index contributed by atoms with van der Waals surface area (Å²) in [4.78, 5) is 14.6. The summed E-state index contributed by atoms with van der Waals surface area (Å²) in [6.45, 7) is 7.45. The number of aryl methyl sites for hydroxylation is 1. The lowest BCUT2D eigenvalue weighted by molar-refractivity contribution is -0.138. The highest BCUT2D eigenvalue weighted by Gasteiger charge is 2.33. The predicted octanol–water partition coefficient (Wildman–Crippen LogP) is 2.84. The Kier molecular flexibility index (Phi) is 5.40. The number of rotatable bonds is 4. The predicted molar refractivity (Wildman–Crippen MR) is 86.9 cm³/mol. The molecule has 116 valence electrons. The number of benzene rings is 1. The van der Waals surface area contributed by atoms with Crippen molar-refractivity contribution >= 4 is 5.91 Å². The zero-order chi connectivity index (χ0) is 15.4. The SMILES string of the molecule is CC1CC(C)C(C)N(C(=O)C(N)CCc2ccccc2)C1. The molecule has 1 aliphatic rings. The van der Waals surface area contributed by atoms with E-state index < -0.39 is 0 Å². The van der Waals surface area contributed by atoms with Gasteiger partial charge in [-0.05, 0) is 43.6 Å². The molecule has 1 aromatic rings. The van der Waals surface area contributed by atoms with Crippen molar-refractivity contribution in [3.63, 3.8) is 0 Å². The lowest BCUT2D eigenvalue weighted by Crippen LogP contribution is -2.54. The van der Waals surface area contributed by atoms with E-state index in [1.165, 1.54) is 12.0 Å². The van der Waals surface area contributed by atoms with Gasteiger partial charge in [0.25, 0.3) is 0 Å². The van der Waals surface area contributed by atoms with E-state index in [1.54, 1.807) is 0 Å². The summed E-state index contributed by atoms with van der Waals surface area (Å²) in [5.74, 6) is 1.25. The van der Waals surface area contributed by atoms with E-state index in [2.05, 4.69) is 32.9 Å². The summed E-state index contributed by atoms with van der Waals surface area (Å²) in [6, 6.07) is 10.2. The van der Waals surface area contributed by atoms with Crippen molar-refractivity contribution in [2.75, 3.05) is 6.54 Å². The molecule has 0 aliphatic carbocycles.